The minimum atomic E-state index is -3.54. The second-order valence-electron chi connectivity index (χ2n) is 8.08. The zero-order chi connectivity index (χ0) is 24.1. The number of rotatable bonds is 7. The van der Waals surface area contributed by atoms with Gasteiger partial charge in [-0.1, -0.05) is 42.5 Å². The molecule has 1 heterocycles. The second kappa shape index (κ2) is 10.3. The molecule has 1 amide bonds. The first-order chi connectivity index (χ1) is 16.4. The first-order valence-corrected chi connectivity index (χ1v) is 12.5. The summed E-state index contributed by atoms with van der Waals surface area (Å²) in [6.45, 7) is 3.21. The number of phenolic OH excluding ortho intramolecular Hbond substituents is 1. The van der Waals surface area contributed by atoms with Crippen molar-refractivity contribution in [1.82, 2.24) is 9.73 Å². The van der Waals surface area contributed by atoms with Gasteiger partial charge in [-0.05, 0) is 42.5 Å². The molecule has 2 N–H and O–H groups in total. The van der Waals surface area contributed by atoms with Crippen molar-refractivity contribution in [3.8, 4) is 5.75 Å². The topological polar surface area (TPSA) is 108 Å². The molecular weight excluding hydrogens is 454 g/mol. The Morgan fingerprint density at radius 3 is 2.50 bits per heavy atom. The van der Waals surface area contributed by atoms with Gasteiger partial charge in [0, 0.05) is 30.5 Å². The van der Waals surface area contributed by atoms with Crippen LogP contribution in [0.3, 0.4) is 0 Å². The summed E-state index contributed by atoms with van der Waals surface area (Å²) in [6, 6.07) is 17.8. The Bertz CT molecular complexity index is 1310. The molecule has 178 valence electrons. The highest BCUT2D eigenvalue weighted by Gasteiger charge is 2.26. The Hall–Kier alpha value is -3.27. The Morgan fingerprint density at radius 1 is 1.06 bits per heavy atom. The zero-order valence-electron chi connectivity index (χ0n) is 18.9. The van der Waals surface area contributed by atoms with Crippen LogP contribution < -0.4 is 5.43 Å². The molecule has 0 aromatic heterocycles. The molecule has 34 heavy (non-hydrogen) atoms. The number of amides is 1. The molecule has 0 spiro atoms. The minimum absolute atomic E-state index is 0.126. The number of sulfonamides is 1. The molecule has 0 atom stereocenters. The highest BCUT2D eigenvalue weighted by molar-refractivity contribution is 7.89. The number of ether oxygens (including phenoxy) is 1. The Balaban J connectivity index is 1.34. The van der Waals surface area contributed by atoms with Crippen LogP contribution in [-0.4, -0.2) is 55.8 Å². The van der Waals surface area contributed by atoms with E-state index in [9.17, 15) is 18.3 Å². The van der Waals surface area contributed by atoms with Crippen molar-refractivity contribution in [3.63, 3.8) is 0 Å². The van der Waals surface area contributed by atoms with E-state index in [-0.39, 0.29) is 23.0 Å². The summed E-state index contributed by atoms with van der Waals surface area (Å²) in [5, 5.41) is 16.3. The standard InChI is InChI=1S/C25H27N3O5S/c1-18(22-12-9-20-4-2-3-5-23(20)25(22)30)26-27-24(29)13-8-19-6-10-21(11-7-19)34(31,32)28-14-16-33-17-15-28/h2-7,9-12,30H,8,13-17H2,1H3,(H,27,29)/b26-18+. The fourth-order valence-electron chi connectivity index (χ4n) is 3.83. The smallest absolute Gasteiger partial charge is 0.243 e. The molecule has 0 aliphatic carbocycles. The van der Waals surface area contributed by atoms with Crippen LogP contribution in [0, 0.1) is 0 Å². The zero-order valence-corrected chi connectivity index (χ0v) is 19.7. The van der Waals surface area contributed by atoms with Gasteiger partial charge in [0.15, 0.2) is 0 Å². The monoisotopic (exact) mass is 481 g/mol. The molecule has 3 aromatic carbocycles. The van der Waals surface area contributed by atoms with Gasteiger partial charge < -0.3 is 9.84 Å². The average molecular weight is 482 g/mol. The molecule has 8 nitrogen and oxygen atoms in total. The van der Waals surface area contributed by atoms with E-state index in [0.29, 0.717) is 44.0 Å². The van der Waals surface area contributed by atoms with E-state index >= 15 is 0 Å². The summed E-state index contributed by atoms with van der Waals surface area (Å²) in [7, 11) is -3.54. The fraction of sp³-hybridized carbons (Fsp3) is 0.280. The third-order valence-corrected chi connectivity index (χ3v) is 7.72. The molecule has 1 aliphatic rings. The number of fused-ring (bicyclic) bond motifs is 1. The summed E-state index contributed by atoms with van der Waals surface area (Å²) in [4.78, 5) is 12.5. The Kier molecular flexibility index (Phi) is 7.26. The molecular formula is C25H27N3O5S. The number of benzene rings is 3. The summed E-state index contributed by atoms with van der Waals surface area (Å²) in [5.74, 6) is -0.148. The molecule has 0 radical (unpaired) electrons. The molecule has 0 bridgehead atoms. The number of nitrogens with zero attached hydrogens (tertiary/aromatic N) is 2. The molecule has 1 aliphatic heterocycles. The van der Waals surface area contributed by atoms with E-state index in [4.69, 9.17) is 4.74 Å². The Morgan fingerprint density at radius 2 is 1.76 bits per heavy atom. The van der Waals surface area contributed by atoms with Crippen LogP contribution in [0.1, 0.15) is 24.5 Å². The summed E-state index contributed by atoms with van der Waals surface area (Å²) < 4.78 is 32.0. The van der Waals surface area contributed by atoms with Crippen molar-refractivity contribution in [2.24, 2.45) is 5.10 Å². The predicted octanol–water partition coefficient (Wildman–Crippen LogP) is 3.04. The molecule has 0 saturated carbocycles. The molecule has 1 fully saturated rings. The first kappa shape index (κ1) is 23.9. The number of hydrogen-bond acceptors (Lipinski definition) is 6. The predicted molar refractivity (Wildman–Crippen MR) is 130 cm³/mol. The van der Waals surface area contributed by atoms with Gasteiger partial charge in [0.2, 0.25) is 15.9 Å². The first-order valence-electron chi connectivity index (χ1n) is 11.1. The van der Waals surface area contributed by atoms with Gasteiger partial charge in [-0.2, -0.15) is 9.41 Å². The normalized spacial score (nSPS) is 15.4. The molecule has 1 saturated heterocycles. The largest absolute Gasteiger partial charge is 0.507 e. The van der Waals surface area contributed by atoms with Gasteiger partial charge >= 0.3 is 0 Å². The lowest BCUT2D eigenvalue weighted by Gasteiger charge is -2.26. The Labute approximate surface area is 198 Å². The van der Waals surface area contributed by atoms with Crippen molar-refractivity contribution < 1.29 is 23.1 Å². The molecule has 0 unspecified atom stereocenters. The van der Waals surface area contributed by atoms with Crippen LogP contribution in [0.25, 0.3) is 10.8 Å². The van der Waals surface area contributed by atoms with Gasteiger partial charge in [0.05, 0.1) is 23.8 Å². The van der Waals surface area contributed by atoms with Crippen LogP contribution in [0.5, 0.6) is 5.75 Å². The molecule has 9 heteroatoms. The summed E-state index contributed by atoms with van der Waals surface area (Å²) in [6.07, 6.45) is 0.634. The SMILES string of the molecule is C/C(=N\NC(=O)CCc1ccc(S(=O)(=O)N2CCOCC2)cc1)c1ccc2ccccc2c1O. The lowest BCUT2D eigenvalue weighted by Crippen LogP contribution is -2.40. The van der Waals surface area contributed by atoms with Crippen molar-refractivity contribution in [2.75, 3.05) is 26.3 Å². The molecule has 3 aromatic rings. The number of aromatic hydroxyl groups is 1. The average Bonchev–Trinajstić information content (AvgIpc) is 2.87. The second-order valence-corrected chi connectivity index (χ2v) is 10.0. The summed E-state index contributed by atoms with van der Waals surface area (Å²) in [5.41, 5.74) is 4.43. The minimum Gasteiger partial charge on any atom is -0.507 e. The number of hydrazone groups is 1. The van der Waals surface area contributed by atoms with Crippen molar-refractivity contribution in [1.29, 1.82) is 0 Å². The van der Waals surface area contributed by atoms with Crippen molar-refractivity contribution in [2.45, 2.75) is 24.7 Å². The fourth-order valence-corrected chi connectivity index (χ4v) is 5.24. The highest BCUT2D eigenvalue weighted by Crippen LogP contribution is 2.29. The van der Waals surface area contributed by atoms with Crippen LogP contribution in [0.2, 0.25) is 0 Å². The quantitative estimate of drug-likeness (QED) is 0.398. The van der Waals surface area contributed by atoms with E-state index in [1.165, 1.54) is 4.31 Å². The number of aryl methyl sites for hydroxylation is 1. The van der Waals surface area contributed by atoms with Gasteiger partial charge in [-0.3, -0.25) is 4.79 Å². The third-order valence-electron chi connectivity index (χ3n) is 5.81. The van der Waals surface area contributed by atoms with Gasteiger partial charge in [0.1, 0.15) is 5.75 Å². The maximum atomic E-state index is 12.7. The van der Waals surface area contributed by atoms with E-state index in [2.05, 4.69) is 10.5 Å². The number of carbonyl (C=O) groups is 1. The number of phenols is 1. The number of nitrogens with one attached hydrogen (secondary N) is 1. The van der Waals surface area contributed by atoms with Gasteiger partial charge in [-0.15, -0.1) is 0 Å². The van der Waals surface area contributed by atoms with E-state index in [1.807, 2.05) is 30.3 Å². The van der Waals surface area contributed by atoms with E-state index in [1.54, 1.807) is 37.3 Å². The van der Waals surface area contributed by atoms with E-state index < -0.39 is 10.0 Å². The number of carbonyl (C=O) groups excluding carboxylic acids is 1. The summed E-state index contributed by atoms with van der Waals surface area (Å²) >= 11 is 0. The van der Waals surface area contributed by atoms with Gasteiger partial charge in [0.25, 0.3) is 0 Å². The molecule has 4 rings (SSSR count). The lowest BCUT2D eigenvalue weighted by molar-refractivity contribution is -0.121. The van der Waals surface area contributed by atoms with Crippen LogP contribution in [-0.2, 0) is 26.0 Å². The maximum absolute atomic E-state index is 12.7. The number of morpholine rings is 1. The van der Waals surface area contributed by atoms with E-state index in [0.717, 1.165) is 16.3 Å². The van der Waals surface area contributed by atoms with Crippen LogP contribution in [0.15, 0.2) is 70.7 Å². The highest BCUT2D eigenvalue weighted by atomic mass is 32.2. The lowest BCUT2D eigenvalue weighted by atomic mass is 10.0. The third kappa shape index (κ3) is 5.27. The maximum Gasteiger partial charge on any atom is 0.243 e. The van der Waals surface area contributed by atoms with Crippen molar-refractivity contribution in [3.05, 3.63) is 71.8 Å². The van der Waals surface area contributed by atoms with Crippen LogP contribution >= 0.6 is 0 Å². The van der Waals surface area contributed by atoms with Crippen LogP contribution in [0.4, 0.5) is 0 Å². The number of hydrogen-bond donors (Lipinski definition) is 2. The van der Waals surface area contributed by atoms with Gasteiger partial charge in [-0.25, -0.2) is 13.8 Å². The van der Waals surface area contributed by atoms with Crippen molar-refractivity contribution >= 4 is 32.4 Å².